The fourth-order valence-electron chi connectivity index (χ4n) is 2.66. The second-order valence-corrected chi connectivity index (χ2v) is 6.94. The van der Waals surface area contributed by atoms with Gasteiger partial charge in [0.05, 0.1) is 24.0 Å². The van der Waals surface area contributed by atoms with Crippen molar-refractivity contribution in [3.63, 3.8) is 0 Å². The summed E-state index contributed by atoms with van der Waals surface area (Å²) in [6, 6.07) is 14.5. The number of nitrogens with one attached hydrogen (secondary N) is 2. The molecule has 0 heterocycles. The molecule has 7 nitrogen and oxygen atoms in total. The summed E-state index contributed by atoms with van der Waals surface area (Å²) in [6.07, 6.45) is 1.27. The summed E-state index contributed by atoms with van der Waals surface area (Å²) in [5.74, 6) is -2.65. The zero-order valence-electron chi connectivity index (χ0n) is 17.3. The number of nitrogens with zero attached hydrogens (tertiary/aromatic N) is 1. The maximum absolute atomic E-state index is 13.9. The van der Waals surface area contributed by atoms with Crippen molar-refractivity contribution in [1.82, 2.24) is 5.43 Å². The molecule has 0 aliphatic rings. The number of hydrazone groups is 1. The predicted octanol–water partition coefficient (Wildman–Crippen LogP) is 4.29. The second kappa shape index (κ2) is 11.1. The lowest BCUT2D eigenvalue weighted by atomic mass is 10.2. The molecule has 0 fully saturated rings. The highest BCUT2D eigenvalue weighted by Crippen LogP contribution is 2.29. The molecule has 3 aromatic carbocycles. The SMILES string of the molecule is COc1cc(C=NNC(=O)C(=O)Nc2ccccc2F)ccc1OCc1c(F)cccc1Cl. The highest BCUT2D eigenvalue weighted by molar-refractivity contribution is 6.39. The van der Waals surface area contributed by atoms with Crippen molar-refractivity contribution < 1.29 is 27.8 Å². The maximum atomic E-state index is 13.9. The topological polar surface area (TPSA) is 89.0 Å². The third-order valence-electron chi connectivity index (χ3n) is 4.33. The Hall–Kier alpha value is -3.98. The number of halogens is 3. The zero-order valence-corrected chi connectivity index (χ0v) is 18.0. The van der Waals surface area contributed by atoms with Gasteiger partial charge in [0, 0.05) is 5.56 Å². The van der Waals surface area contributed by atoms with E-state index in [-0.39, 0.29) is 22.9 Å². The van der Waals surface area contributed by atoms with Crippen LogP contribution in [-0.4, -0.2) is 25.1 Å². The highest BCUT2D eigenvalue weighted by atomic mass is 35.5. The number of methoxy groups -OCH3 is 1. The van der Waals surface area contributed by atoms with Gasteiger partial charge in [0.25, 0.3) is 0 Å². The van der Waals surface area contributed by atoms with E-state index in [9.17, 15) is 18.4 Å². The highest BCUT2D eigenvalue weighted by Gasteiger charge is 2.15. The molecule has 0 spiro atoms. The third kappa shape index (κ3) is 6.27. The van der Waals surface area contributed by atoms with Crippen LogP contribution >= 0.6 is 11.6 Å². The molecule has 2 N–H and O–H groups in total. The molecule has 0 bridgehead atoms. The van der Waals surface area contributed by atoms with Gasteiger partial charge < -0.3 is 14.8 Å². The van der Waals surface area contributed by atoms with E-state index in [1.165, 1.54) is 43.7 Å². The first-order valence-electron chi connectivity index (χ1n) is 9.51. The van der Waals surface area contributed by atoms with Gasteiger partial charge >= 0.3 is 11.8 Å². The number of hydrogen-bond acceptors (Lipinski definition) is 5. The summed E-state index contributed by atoms with van der Waals surface area (Å²) in [5, 5.41) is 6.10. The Morgan fingerprint density at radius 2 is 1.76 bits per heavy atom. The lowest BCUT2D eigenvalue weighted by molar-refractivity contribution is -0.136. The van der Waals surface area contributed by atoms with E-state index in [2.05, 4.69) is 10.4 Å². The van der Waals surface area contributed by atoms with Crippen molar-refractivity contribution in [2.45, 2.75) is 6.61 Å². The van der Waals surface area contributed by atoms with Gasteiger partial charge in [-0.2, -0.15) is 5.10 Å². The number of rotatable bonds is 7. The van der Waals surface area contributed by atoms with Crippen molar-refractivity contribution in [3.05, 3.63) is 88.4 Å². The van der Waals surface area contributed by atoms with Crippen LogP contribution in [0.3, 0.4) is 0 Å². The van der Waals surface area contributed by atoms with Gasteiger partial charge in [0.15, 0.2) is 11.5 Å². The Morgan fingerprint density at radius 3 is 2.48 bits per heavy atom. The van der Waals surface area contributed by atoms with Gasteiger partial charge in [-0.3, -0.25) is 9.59 Å². The Bertz CT molecular complexity index is 1180. The van der Waals surface area contributed by atoms with Gasteiger partial charge in [-0.1, -0.05) is 29.8 Å². The molecule has 0 aromatic heterocycles. The van der Waals surface area contributed by atoms with Crippen molar-refractivity contribution in [1.29, 1.82) is 0 Å². The van der Waals surface area contributed by atoms with E-state index >= 15 is 0 Å². The number of carbonyl (C=O) groups excluding carboxylic acids is 2. The van der Waals surface area contributed by atoms with E-state index < -0.39 is 23.4 Å². The summed E-state index contributed by atoms with van der Waals surface area (Å²) in [4.78, 5) is 23.7. The smallest absolute Gasteiger partial charge is 0.329 e. The summed E-state index contributed by atoms with van der Waals surface area (Å²) in [5.41, 5.74) is 2.65. The molecule has 0 atom stereocenters. The molecule has 0 saturated heterocycles. The minimum Gasteiger partial charge on any atom is -0.493 e. The van der Waals surface area contributed by atoms with Crippen LogP contribution in [-0.2, 0) is 16.2 Å². The Balaban J connectivity index is 1.60. The van der Waals surface area contributed by atoms with Crippen LogP contribution in [0.25, 0.3) is 0 Å². The summed E-state index contributed by atoms with van der Waals surface area (Å²) in [6.45, 7) is -0.109. The first-order chi connectivity index (χ1) is 15.9. The van der Waals surface area contributed by atoms with Crippen LogP contribution < -0.4 is 20.2 Å². The molecule has 0 saturated carbocycles. The van der Waals surface area contributed by atoms with Crippen LogP contribution in [0.15, 0.2) is 65.8 Å². The Kier molecular flexibility index (Phi) is 7.93. The largest absolute Gasteiger partial charge is 0.493 e. The minimum absolute atomic E-state index is 0.109. The maximum Gasteiger partial charge on any atom is 0.329 e. The van der Waals surface area contributed by atoms with E-state index in [0.717, 1.165) is 6.07 Å². The molecule has 0 aliphatic carbocycles. The first kappa shape index (κ1) is 23.7. The number of hydrogen-bond donors (Lipinski definition) is 2. The molecule has 10 heteroatoms. The Labute approximate surface area is 193 Å². The van der Waals surface area contributed by atoms with Gasteiger partial charge in [-0.15, -0.1) is 0 Å². The molecule has 0 aliphatic heterocycles. The molecular formula is C23H18ClF2N3O4. The van der Waals surface area contributed by atoms with Crippen molar-refractivity contribution >= 4 is 35.3 Å². The summed E-state index contributed by atoms with van der Waals surface area (Å²) >= 11 is 6.00. The van der Waals surface area contributed by atoms with Gasteiger partial charge in [0.1, 0.15) is 18.2 Å². The van der Waals surface area contributed by atoms with Crippen LogP contribution in [0.2, 0.25) is 5.02 Å². The average Bonchev–Trinajstić information content (AvgIpc) is 2.80. The molecule has 3 aromatic rings. The normalized spacial score (nSPS) is 10.7. The van der Waals surface area contributed by atoms with Gasteiger partial charge in [-0.05, 0) is 48.0 Å². The molecular weight excluding hydrogens is 456 g/mol. The van der Waals surface area contributed by atoms with Crippen molar-refractivity contribution in [3.8, 4) is 11.5 Å². The predicted molar refractivity (Wildman–Crippen MR) is 120 cm³/mol. The number of anilines is 1. The number of amides is 2. The van der Waals surface area contributed by atoms with E-state index in [4.69, 9.17) is 21.1 Å². The quantitative estimate of drug-likeness (QED) is 0.304. The van der Waals surface area contributed by atoms with Crippen LogP contribution in [0.1, 0.15) is 11.1 Å². The Morgan fingerprint density at radius 1 is 1.00 bits per heavy atom. The minimum atomic E-state index is -1.08. The molecule has 33 heavy (non-hydrogen) atoms. The van der Waals surface area contributed by atoms with E-state index in [1.54, 1.807) is 24.3 Å². The molecule has 3 rings (SSSR count). The standard InChI is InChI=1S/C23H18ClF2N3O4/c1-32-21-11-14(9-10-20(21)33-13-15-16(24)5-4-7-17(15)25)12-27-29-23(31)22(30)28-19-8-3-2-6-18(19)26/h2-12H,13H2,1H3,(H,28,30)(H,29,31). The molecule has 0 radical (unpaired) electrons. The monoisotopic (exact) mass is 473 g/mol. The van der Waals surface area contributed by atoms with E-state index in [1.807, 2.05) is 5.43 Å². The van der Waals surface area contributed by atoms with Gasteiger partial charge in [-0.25, -0.2) is 14.2 Å². The molecule has 0 unspecified atom stereocenters. The second-order valence-electron chi connectivity index (χ2n) is 6.53. The number of ether oxygens (including phenoxy) is 2. The summed E-state index contributed by atoms with van der Waals surface area (Å²) < 4.78 is 38.4. The number of para-hydroxylation sites is 1. The van der Waals surface area contributed by atoms with Crippen molar-refractivity contribution in [2.24, 2.45) is 5.10 Å². The third-order valence-corrected chi connectivity index (χ3v) is 4.68. The fraction of sp³-hybridized carbons (Fsp3) is 0.0870. The average molecular weight is 474 g/mol. The first-order valence-corrected chi connectivity index (χ1v) is 9.89. The van der Waals surface area contributed by atoms with Gasteiger partial charge in [0.2, 0.25) is 0 Å². The number of benzene rings is 3. The fourth-order valence-corrected chi connectivity index (χ4v) is 2.88. The van der Waals surface area contributed by atoms with Crippen LogP contribution in [0, 0.1) is 11.6 Å². The molecule has 170 valence electrons. The molecule has 2 amide bonds. The van der Waals surface area contributed by atoms with Crippen LogP contribution in [0.4, 0.5) is 14.5 Å². The van der Waals surface area contributed by atoms with E-state index in [0.29, 0.717) is 17.1 Å². The van der Waals surface area contributed by atoms with Crippen LogP contribution in [0.5, 0.6) is 11.5 Å². The number of carbonyl (C=O) groups is 2. The zero-order chi connectivity index (χ0) is 23.8. The lowest BCUT2D eigenvalue weighted by Crippen LogP contribution is -2.32. The summed E-state index contributed by atoms with van der Waals surface area (Å²) in [7, 11) is 1.42. The lowest BCUT2D eigenvalue weighted by Gasteiger charge is -2.12. The van der Waals surface area contributed by atoms with Crippen molar-refractivity contribution in [2.75, 3.05) is 12.4 Å².